The van der Waals surface area contributed by atoms with Crippen LogP contribution in [0.15, 0.2) is 146 Å². The molecule has 32 heteroatoms. The summed E-state index contributed by atoms with van der Waals surface area (Å²) in [4.78, 5) is 182. The largest absolute Gasteiger partial charge is 0.465 e. The molecule has 0 saturated carbocycles. The number of ketones is 2. The Balaban J connectivity index is 0.000000218. The number of carbonyl (C=O) groups is 15. The Labute approximate surface area is 857 Å². The summed E-state index contributed by atoms with van der Waals surface area (Å²) in [6, 6.07) is 46.2. The van der Waals surface area contributed by atoms with Crippen molar-refractivity contribution in [3.05, 3.63) is 207 Å². The summed E-state index contributed by atoms with van der Waals surface area (Å²) < 4.78 is 27.1. The van der Waals surface area contributed by atoms with Crippen molar-refractivity contribution < 1.29 is 95.6 Å². The van der Waals surface area contributed by atoms with Crippen LogP contribution in [0.5, 0.6) is 0 Å². The third-order valence-electron chi connectivity index (χ3n) is 25.2. The van der Waals surface area contributed by atoms with E-state index in [1.54, 1.807) is 13.8 Å². The number of alkyl carbamates (subject to hydrolysis) is 3. The van der Waals surface area contributed by atoms with E-state index < -0.39 is 18.3 Å². The number of amides is 12. The standard InChI is InChI=1S/C32H43N5O6.C29H37N3O5.C28H36N2O4.C25H30N2O5/c1-4-16-34-28(38)8-6-10-30(40)36-21-12-14-23-24-15-13-22(37-31(41)11-7-9-29(39)35-17-5-2)19-26(24)27(25(23)18-21)20-43-32(42)33-3;1-4-6-11-25(33)22-10-7-9-20-24(18-37-29(36)30-3)23-17-19(14-15-21(23)28(20)22)32-27(35)13-8-12-26(34)31-16-5-2;1-4-6-12-25(31)22-11-8-10-20-24(18-34-28(33)29-3)23-17-19(14-15-21(23)27(20)22)9-7-13-26(32)30-16-5-2;1-4-11-31-15-24(29)27-17-8-10-19-18-9-7-16(26-23(28)5-2)12-20(18)22(21(19)13-17)14-32-25(30)6-3/h12-15,18-19,27H,4-11,16-17,20H2,1-3H3,(H,33,42)(H,34,38)(H,35,39)(H,36,40)(H,37,41);7,9-10,14-15,17,24H,4-6,8,11-13,16,18H2,1-3H3,(H,30,36)(H,31,34)(H,32,35);8,10-11,14-15,17,24H,4-7,9,12-13,16,18H2,1-3H3,(H,29,33)(H,30,32);7-10,12-13,22H,4-6,11,14-15H2,1-3H3,(H,26,28)(H,27,29). The van der Waals surface area contributed by atoms with Crippen LogP contribution in [0.4, 0.5) is 42.8 Å². The summed E-state index contributed by atoms with van der Waals surface area (Å²) in [6.45, 7) is 21.4. The molecule has 8 aromatic carbocycles. The number of esters is 1. The van der Waals surface area contributed by atoms with Crippen molar-refractivity contribution in [1.29, 1.82) is 0 Å². The van der Waals surface area contributed by atoms with E-state index in [0.29, 0.717) is 137 Å². The Hall–Kier alpha value is -14.4. The van der Waals surface area contributed by atoms with Gasteiger partial charge in [-0.1, -0.05) is 160 Å². The van der Waals surface area contributed by atoms with E-state index in [9.17, 15) is 71.9 Å². The van der Waals surface area contributed by atoms with Crippen molar-refractivity contribution >= 4 is 117 Å². The van der Waals surface area contributed by atoms with Gasteiger partial charge in [0.15, 0.2) is 11.6 Å². The molecule has 4 aliphatic carbocycles. The smallest absolute Gasteiger partial charge is 0.406 e. The SMILES string of the molecule is CCCCC(=O)c1cccc2c1-c1ccc(CCCC(=O)NCCC)cc1C2COC(=O)NC.CCCCC(=O)c1cccc2c1-c1ccc(NC(=O)CCCC(=O)NCCC)cc1C2COC(=O)NC.CCCNC(=O)CCCC(=O)Nc1ccc2c(c1)C(COC(=O)NC)c1cc(NC(=O)CCCC(=O)NCCC)ccc1-2.CCCOCC(=O)Nc1ccc2c(c1)C(COC(=O)CC)c1cc(NC(=O)CC)ccc1-2. The molecule has 0 heterocycles. The highest BCUT2D eigenvalue weighted by molar-refractivity contribution is 6.07. The van der Waals surface area contributed by atoms with E-state index in [1.807, 2.05) is 162 Å². The van der Waals surface area contributed by atoms with Gasteiger partial charge in [-0.15, -0.1) is 0 Å². The average Bonchev–Trinajstić information content (AvgIpc) is 1.59. The zero-order valence-corrected chi connectivity index (χ0v) is 86.6. The maximum absolute atomic E-state index is 13.0. The molecule has 3 unspecified atom stereocenters. The van der Waals surface area contributed by atoms with Gasteiger partial charge in [-0.3, -0.25) is 57.5 Å². The predicted octanol–water partition coefficient (Wildman–Crippen LogP) is 19.4. The highest BCUT2D eigenvalue weighted by atomic mass is 16.6. The number of unbranched alkanes of at least 4 members (excludes halogenated alkanes) is 2. The van der Waals surface area contributed by atoms with Gasteiger partial charge in [-0.05, 0) is 232 Å². The number of nitrogens with one attached hydrogen (secondary N) is 12. The number of anilines is 5. The second-order valence-corrected chi connectivity index (χ2v) is 36.3. The normalized spacial score (nSPS) is 13.0. The molecule has 146 heavy (non-hydrogen) atoms. The van der Waals surface area contributed by atoms with Crippen LogP contribution in [0, 0.1) is 0 Å². The maximum Gasteiger partial charge on any atom is 0.406 e. The molecular weight excluding hydrogens is 1860 g/mol. The Bertz CT molecular complexity index is 5800. The van der Waals surface area contributed by atoms with Crippen LogP contribution in [0.25, 0.3) is 44.5 Å². The van der Waals surface area contributed by atoms with Crippen molar-refractivity contribution in [3.8, 4) is 44.5 Å². The van der Waals surface area contributed by atoms with Crippen LogP contribution in [0.3, 0.4) is 0 Å². The van der Waals surface area contributed by atoms with Crippen LogP contribution in [0.1, 0.15) is 311 Å². The minimum Gasteiger partial charge on any atom is -0.465 e. The van der Waals surface area contributed by atoms with Gasteiger partial charge in [0.1, 0.15) is 33.0 Å². The number of aryl methyl sites for hydroxylation is 1. The zero-order chi connectivity index (χ0) is 106. The molecule has 0 aliphatic heterocycles. The summed E-state index contributed by atoms with van der Waals surface area (Å²) in [5, 5.41) is 33.3. The molecule has 0 saturated heterocycles. The number of Topliss-reactive ketones (excluding diaryl/α,β-unsaturated/α-hetero) is 2. The lowest BCUT2D eigenvalue weighted by Gasteiger charge is -2.16. The van der Waals surface area contributed by atoms with Crippen molar-refractivity contribution in [1.82, 2.24) is 37.2 Å². The summed E-state index contributed by atoms with van der Waals surface area (Å²) in [5.41, 5.74) is 21.1. The number of hydrogen-bond acceptors (Lipinski definition) is 20. The fraction of sp³-hybridized carbons (Fsp3) is 0.447. The first kappa shape index (κ1) is 115. The summed E-state index contributed by atoms with van der Waals surface area (Å²) in [6.07, 6.45) is 13.1. The van der Waals surface area contributed by atoms with Crippen LogP contribution in [-0.2, 0) is 78.1 Å². The van der Waals surface area contributed by atoms with Gasteiger partial charge in [0.25, 0.3) is 0 Å². The number of carbonyl (C=O) groups excluding carboxylic acids is 15. The lowest BCUT2D eigenvalue weighted by atomic mass is 9.93. The molecule has 782 valence electrons. The van der Waals surface area contributed by atoms with E-state index in [4.69, 9.17) is 23.7 Å². The molecule has 0 radical (unpaired) electrons. The van der Waals surface area contributed by atoms with Crippen LogP contribution in [-0.4, -0.2) is 176 Å². The molecule has 0 fully saturated rings. The molecule has 12 rings (SSSR count). The van der Waals surface area contributed by atoms with E-state index in [0.717, 1.165) is 171 Å². The number of benzene rings is 8. The fourth-order valence-electron chi connectivity index (χ4n) is 17.7. The lowest BCUT2D eigenvalue weighted by Crippen LogP contribution is -2.24. The van der Waals surface area contributed by atoms with Crippen LogP contribution < -0.4 is 63.8 Å². The monoisotopic (exact) mass is 2000 g/mol. The van der Waals surface area contributed by atoms with Gasteiger partial charge in [-0.2, -0.15) is 0 Å². The molecule has 3 atom stereocenters. The molecule has 32 nitrogen and oxygen atoms in total. The van der Waals surface area contributed by atoms with E-state index in [1.165, 1.54) is 21.1 Å². The third kappa shape index (κ3) is 34.1. The summed E-state index contributed by atoms with van der Waals surface area (Å²) in [5.74, 6) is -1.85. The molecule has 8 aromatic rings. The highest BCUT2D eigenvalue weighted by Crippen LogP contribution is 2.52. The Kier molecular flexibility index (Phi) is 47.6. The summed E-state index contributed by atoms with van der Waals surface area (Å²) >= 11 is 0. The molecule has 4 aliphatic rings. The molecule has 0 bridgehead atoms. The first-order valence-electron chi connectivity index (χ1n) is 51.6. The van der Waals surface area contributed by atoms with Gasteiger partial charge < -0.3 is 87.5 Å². The molecule has 0 spiro atoms. The van der Waals surface area contributed by atoms with Gasteiger partial charge in [0.05, 0.1) is 0 Å². The third-order valence-corrected chi connectivity index (χ3v) is 25.2. The molecule has 12 N–H and O–H groups in total. The first-order chi connectivity index (χ1) is 70.6. The fourth-order valence-corrected chi connectivity index (χ4v) is 17.7. The average molecular weight is 2000 g/mol. The van der Waals surface area contributed by atoms with Gasteiger partial charge >= 0.3 is 24.2 Å². The van der Waals surface area contributed by atoms with E-state index in [-0.39, 0.29) is 147 Å². The van der Waals surface area contributed by atoms with Crippen LogP contribution in [0.2, 0.25) is 0 Å². The van der Waals surface area contributed by atoms with Crippen molar-refractivity contribution in [2.45, 2.75) is 247 Å². The van der Waals surface area contributed by atoms with Crippen molar-refractivity contribution in [3.63, 3.8) is 0 Å². The maximum atomic E-state index is 13.0. The van der Waals surface area contributed by atoms with Gasteiger partial charge in [-0.25, -0.2) is 14.4 Å². The lowest BCUT2D eigenvalue weighted by molar-refractivity contribution is -0.143. The number of hydrogen-bond donors (Lipinski definition) is 12. The quantitative estimate of drug-likeness (QED) is 0.00729. The second kappa shape index (κ2) is 60.4. The Morgan fingerprint density at radius 1 is 0.274 bits per heavy atom. The molecule has 0 aromatic heterocycles. The minimum absolute atomic E-state index is 0.00315. The zero-order valence-electron chi connectivity index (χ0n) is 86.6. The highest BCUT2D eigenvalue weighted by Gasteiger charge is 2.38. The molecular formula is C114H146N12O20. The van der Waals surface area contributed by atoms with Crippen molar-refractivity contribution in [2.75, 3.05) is 114 Å². The van der Waals surface area contributed by atoms with Crippen LogP contribution >= 0.6 is 0 Å². The Morgan fingerprint density at radius 3 is 0.918 bits per heavy atom. The number of ether oxygens (including phenoxy) is 5. The van der Waals surface area contributed by atoms with E-state index in [2.05, 4.69) is 95.8 Å². The topological polar surface area (TPSA) is 447 Å². The second-order valence-electron chi connectivity index (χ2n) is 36.3. The Morgan fingerprint density at radius 2 is 0.582 bits per heavy atom. The summed E-state index contributed by atoms with van der Waals surface area (Å²) in [7, 11) is 4.53. The van der Waals surface area contributed by atoms with Gasteiger partial charge in [0, 0.05) is 188 Å². The number of rotatable bonds is 51. The molecule has 12 amide bonds. The van der Waals surface area contributed by atoms with Crippen molar-refractivity contribution in [2.24, 2.45) is 0 Å². The van der Waals surface area contributed by atoms with Gasteiger partial charge in [0.2, 0.25) is 53.2 Å². The minimum atomic E-state index is -0.560. The number of fused-ring (bicyclic) bond motifs is 12. The van der Waals surface area contributed by atoms with E-state index >= 15 is 0 Å². The first-order valence-corrected chi connectivity index (χ1v) is 51.6. The predicted molar refractivity (Wildman–Crippen MR) is 567 cm³/mol.